The van der Waals surface area contributed by atoms with Crippen LogP contribution in [-0.2, 0) is 17.6 Å². The van der Waals surface area contributed by atoms with E-state index >= 15 is 0 Å². The second-order valence-electron chi connectivity index (χ2n) is 6.64. The Balaban J connectivity index is 1.44. The number of nitrogens with one attached hydrogen (secondary N) is 1. The molecule has 1 amide bonds. The number of amides is 1. The van der Waals surface area contributed by atoms with Crippen LogP contribution in [0.3, 0.4) is 0 Å². The van der Waals surface area contributed by atoms with Crippen LogP contribution in [0.1, 0.15) is 17.0 Å². The van der Waals surface area contributed by atoms with Gasteiger partial charge >= 0.3 is 0 Å². The summed E-state index contributed by atoms with van der Waals surface area (Å²) in [6, 6.07) is 13.5. The number of benzene rings is 2. The van der Waals surface area contributed by atoms with Gasteiger partial charge in [0, 0.05) is 30.3 Å². The zero-order chi connectivity index (χ0) is 21.3. The predicted octanol–water partition coefficient (Wildman–Crippen LogP) is 4.13. The number of hydrogen-bond donors (Lipinski definition) is 1. The average molecular weight is 427 g/mol. The first-order valence-electron chi connectivity index (χ1n) is 9.69. The summed E-state index contributed by atoms with van der Waals surface area (Å²) in [4.78, 5) is 16.8. The van der Waals surface area contributed by atoms with Crippen molar-refractivity contribution in [1.82, 2.24) is 10.3 Å². The van der Waals surface area contributed by atoms with Crippen molar-refractivity contribution in [3.05, 3.63) is 58.4 Å². The van der Waals surface area contributed by atoms with E-state index in [1.54, 1.807) is 32.7 Å². The molecule has 1 heterocycles. The Morgan fingerprint density at radius 2 is 1.73 bits per heavy atom. The quantitative estimate of drug-likeness (QED) is 0.528. The summed E-state index contributed by atoms with van der Waals surface area (Å²) in [6.07, 6.45) is 1.78. The van der Waals surface area contributed by atoms with Crippen molar-refractivity contribution in [2.75, 3.05) is 27.9 Å². The molecule has 0 saturated heterocycles. The summed E-state index contributed by atoms with van der Waals surface area (Å²) < 4.78 is 15.7. The molecule has 0 aliphatic heterocycles. The first kappa shape index (κ1) is 21.6. The summed E-state index contributed by atoms with van der Waals surface area (Å²) in [6.45, 7) is 0.570. The van der Waals surface area contributed by atoms with Gasteiger partial charge in [-0.2, -0.15) is 0 Å². The van der Waals surface area contributed by atoms with Gasteiger partial charge in [0.15, 0.2) is 11.5 Å². The number of thiazole rings is 1. The van der Waals surface area contributed by atoms with E-state index in [1.807, 2.05) is 47.8 Å². The van der Waals surface area contributed by atoms with Crippen molar-refractivity contribution in [3.63, 3.8) is 0 Å². The fourth-order valence-corrected chi connectivity index (χ4v) is 3.82. The van der Waals surface area contributed by atoms with Gasteiger partial charge in [-0.15, -0.1) is 11.3 Å². The van der Waals surface area contributed by atoms with E-state index in [4.69, 9.17) is 14.2 Å². The molecule has 7 heteroatoms. The van der Waals surface area contributed by atoms with Crippen LogP contribution < -0.4 is 19.5 Å². The van der Waals surface area contributed by atoms with Gasteiger partial charge in [-0.05, 0) is 48.4 Å². The van der Waals surface area contributed by atoms with Crippen LogP contribution in [0.2, 0.25) is 0 Å². The highest BCUT2D eigenvalue weighted by Gasteiger charge is 2.08. The number of rotatable bonds is 10. The number of aromatic nitrogens is 1. The molecule has 0 radical (unpaired) electrons. The zero-order valence-electron chi connectivity index (χ0n) is 17.4. The van der Waals surface area contributed by atoms with E-state index in [0.29, 0.717) is 37.3 Å². The van der Waals surface area contributed by atoms with Gasteiger partial charge in [0.2, 0.25) is 5.91 Å². The summed E-state index contributed by atoms with van der Waals surface area (Å²) in [5.74, 6) is 2.21. The Bertz CT molecular complexity index is 970. The van der Waals surface area contributed by atoms with Crippen LogP contribution in [0.25, 0.3) is 11.3 Å². The van der Waals surface area contributed by atoms with E-state index in [0.717, 1.165) is 27.6 Å². The summed E-state index contributed by atoms with van der Waals surface area (Å²) >= 11 is 1.60. The average Bonchev–Trinajstić information content (AvgIpc) is 3.26. The van der Waals surface area contributed by atoms with E-state index in [9.17, 15) is 4.79 Å². The third-order valence-corrected chi connectivity index (χ3v) is 5.60. The minimum Gasteiger partial charge on any atom is -0.497 e. The molecule has 0 fully saturated rings. The van der Waals surface area contributed by atoms with Gasteiger partial charge in [0.25, 0.3) is 0 Å². The van der Waals surface area contributed by atoms with Crippen molar-refractivity contribution >= 4 is 17.2 Å². The molecule has 1 N–H and O–H groups in total. The number of ether oxygens (including phenoxy) is 3. The number of nitrogens with zero attached hydrogens (tertiary/aromatic N) is 1. The van der Waals surface area contributed by atoms with E-state index in [2.05, 4.69) is 10.3 Å². The molecule has 0 unspecified atom stereocenters. The molecule has 3 rings (SSSR count). The molecule has 2 aromatic carbocycles. The van der Waals surface area contributed by atoms with Crippen molar-refractivity contribution in [3.8, 4) is 28.5 Å². The number of carbonyl (C=O) groups excluding carboxylic acids is 1. The number of methoxy groups -OCH3 is 3. The van der Waals surface area contributed by atoms with E-state index in [1.165, 1.54) is 0 Å². The maximum Gasteiger partial charge on any atom is 0.220 e. The summed E-state index contributed by atoms with van der Waals surface area (Å²) in [7, 11) is 4.86. The van der Waals surface area contributed by atoms with Gasteiger partial charge in [-0.25, -0.2) is 4.98 Å². The summed E-state index contributed by atoms with van der Waals surface area (Å²) in [5.41, 5.74) is 3.03. The van der Waals surface area contributed by atoms with Crippen LogP contribution >= 0.6 is 11.3 Å². The molecule has 30 heavy (non-hydrogen) atoms. The normalized spacial score (nSPS) is 10.5. The second kappa shape index (κ2) is 10.6. The van der Waals surface area contributed by atoms with Crippen LogP contribution in [0, 0.1) is 0 Å². The Kier molecular flexibility index (Phi) is 7.68. The molecule has 0 atom stereocenters. The highest BCUT2D eigenvalue weighted by molar-refractivity contribution is 7.09. The van der Waals surface area contributed by atoms with E-state index in [-0.39, 0.29) is 5.91 Å². The molecular weight excluding hydrogens is 400 g/mol. The molecule has 0 aliphatic rings. The lowest BCUT2D eigenvalue weighted by molar-refractivity contribution is -0.121. The fraction of sp³-hybridized carbons (Fsp3) is 0.304. The molecule has 0 aliphatic carbocycles. The molecule has 6 nitrogen and oxygen atoms in total. The molecule has 1 aromatic heterocycles. The largest absolute Gasteiger partial charge is 0.497 e. The monoisotopic (exact) mass is 426 g/mol. The highest BCUT2D eigenvalue weighted by atomic mass is 32.1. The topological polar surface area (TPSA) is 69.7 Å². The molecular formula is C23H26N2O4S. The van der Waals surface area contributed by atoms with Crippen LogP contribution in [0.5, 0.6) is 17.2 Å². The molecule has 0 bridgehead atoms. The van der Waals surface area contributed by atoms with Gasteiger partial charge in [0.05, 0.1) is 32.0 Å². The zero-order valence-corrected chi connectivity index (χ0v) is 18.3. The maximum absolute atomic E-state index is 12.2. The lowest BCUT2D eigenvalue weighted by Crippen LogP contribution is -2.25. The van der Waals surface area contributed by atoms with Gasteiger partial charge in [-0.1, -0.05) is 6.07 Å². The summed E-state index contributed by atoms with van der Waals surface area (Å²) in [5, 5.41) is 6.01. The van der Waals surface area contributed by atoms with Crippen molar-refractivity contribution in [2.45, 2.75) is 19.3 Å². The first-order valence-corrected chi connectivity index (χ1v) is 10.6. The second-order valence-corrected chi connectivity index (χ2v) is 7.59. The molecule has 158 valence electrons. The molecule has 0 spiro atoms. The lowest BCUT2D eigenvalue weighted by Gasteiger charge is -2.09. The van der Waals surface area contributed by atoms with Crippen molar-refractivity contribution in [2.24, 2.45) is 0 Å². The van der Waals surface area contributed by atoms with E-state index < -0.39 is 0 Å². The van der Waals surface area contributed by atoms with Crippen molar-refractivity contribution in [1.29, 1.82) is 0 Å². The lowest BCUT2D eigenvalue weighted by atomic mass is 10.1. The molecule has 3 aromatic rings. The maximum atomic E-state index is 12.2. The minimum absolute atomic E-state index is 0.0247. The number of aryl methyl sites for hydroxylation is 1. The van der Waals surface area contributed by atoms with Crippen LogP contribution in [0.15, 0.2) is 47.8 Å². The molecule has 0 saturated carbocycles. The minimum atomic E-state index is 0.0247. The smallest absolute Gasteiger partial charge is 0.220 e. The fourth-order valence-electron chi connectivity index (χ4n) is 3.01. The standard InChI is InChI=1S/C23H26N2O4S/c1-27-18-8-6-17(7-9-18)19-15-30-23(25-19)12-13-24-22(26)11-5-16-4-10-20(28-2)21(14-16)29-3/h4,6-10,14-15H,5,11-13H2,1-3H3,(H,24,26). The third kappa shape index (κ3) is 5.73. The third-order valence-electron chi connectivity index (χ3n) is 4.69. The Hall–Kier alpha value is -3.06. The van der Waals surface area contributed by atoms with Crippen LogP contribution in [-0.4, -0.2) is 38.8 Å². The van der Waals surface area contributed by atoms with Crippen molar-refractivity contribution < 1.29 is 19.0 Å². The SMILES string of the molecule is COc1ccc(-c2csc(CCNC(=O)CCc3ccc(OC)c(OC)c3)n2)cc1. The van der Waals surface area contributed by atoms with Gasteiger partial charge in [-0.3, -0.25) is 4.79 Å². The highest BCUT2D eigenvalue weighted by Crippen LogP contribution is 2.28. The van der Waals surface area contributed by atoms with Crippen LogP contribution in [0.4, 0.5) is 0 Å². The Morgan fingerprint density at radius 1 is 0.967 bits per heavy atom. The number of carbonyl (C=O) groups is 1. The van der Waals surface area contributed by atoms with Gasteiger partial charge < -0.3 is 19.5 Å². The number of hydrogen-bond acceptors (Lipinski definition) is 6. The predicted molar refractivity (Wildman–Crippen MR) is 119 cm³/mol. The Morgan fingerprint density at radius 3 is 2.43 bits per heavy atom. The van der Waals surface area contributed by atoms with Gasteiger partial charge in [0.1, 0.15) is 5.75 Å². The Labute approximate surface area is 180 Å². The first-order chi connectivity index (χ1) is 14.6.